The van der Waals surface area contributed by atoms with Crippen molar-refractivity contribution in [2.75, 3.05) is 32.0 Å². The van der Waals surface area contributed by atoms with Crippen LogP contribution in [0.4, 0.5) is 15.3 Å². The van der Waals surface area contributed by atoms with Crippen LogP contribution in [0.15, 0.2) is 18.2 Å². The first kappa shape index (κ1) is 15.3. The standard InChI is InChI=1S/C18H23N3O3/c1-20-11-18(24-17(20)23)9-4-10-21(12-18)16(22)19-15-8-3-6-13-5-2-7-14(13)15/h3,6,8H,2,4-5,7,9-12H2,1H3,(H,19,22)/t18-/m1/s1. The normalized spacial score (nSPS) is 25.8. The van der Waals surface area contributed by atoms with E-state index in [1.807, 2.05) is 12.1 Å². The van der Waals surface area contributed by atoms with E-state index < -0.39 is 5.60 Å². The van der Waals surface area contributed by atoms with Crippen molar-refractivity contribution in [3.63, 3.8) is 0 Å². The predicted octanol–water partition coefficient (Wildman–Crippen LogP) is 2.62. The Kier molecular flexibility index (Phi) is 3.62. The molecule has 0 saturated carbocycles. The summed E-state index contributed by atoms with van der Waals surface area (Å²) in [4.78, 5) is 27.8. The van der Waals surface area contributed by atoms with E-state index in [1.54, 1.807) is 16.8 Å². The Balaban J connectivity index is 1.47. The number of carbonyl (C=O) groups is 2. The number of piperidine rings is 1. The minimum Gasteiger partial charge on any atom is -0.439 e. The lowest BCUT2D eigenvalue weighted by Crippen LogP contribution is -2.53. The topological polar surface area (TPSA) is 61.9 Å². The van der Waals surface area contributed by atoms with Gasteiger partial charge in [0.15, 0.2) is 0 Å². The van der Waals surface area contributed by atoms with E-state index in [-0.39, 0.29) is 12.1 Å². The van der Waals surface area contributed by atoms with Gasteiger partial charge in [-0.15, -0.1) is 0 Å². The summed E-state index contributed by atoms with van der Waals surface area (Å²) >= 11 is 0. The van der Waals surface area contributed by atoms with Gasteiger partial charge < -0.3 is 19.9 Å². The fourth-order valence-electron chi connectivity index (χ4n) is 4.21. The molecule has 0 aromatic heterocycles. The third kappa shape index (κ3) is 2.60. The van der Waals surface area contributed by atoms with Crippen LogP contribution >= 0.6 is 0 Å². The summed E-state index contributed by atoms with van der Waals surface area (Å²) in [6.45, 7) is 1.71. The molecule has 1 N–H and O–H groups in total. The Hall–Kier alpha value is -2.24. The highest BCUT2D eigenvalue weighted by Gasteiger charge is 2.47. The molecule has 0 bridgehead atoms. The summed E-state index contributed by atoms with van der Waals surface area (Å²) in [5, 5.41) is 3.07. The zero-order valence-corrected chi connectivity index (χ0v) is 14.0. The summed E-state index contributed by atoms with van der Waals surface area (Å²) in [5.41, 5.74) is 2.99. The Bertz CT molecular complexity index is 690. The van der Waals surface area contributed by atoms with E-state index in [9.17, 15) is 9.59 Å². The molecule has 6 nitrogen and oxygen atoms in total. The molecule has 1 aromatic rings. The van der Waals surface area contributed by atoms with Crippen LogP contribution in [0.25, 0.3) is 0 Å². The molecular weight excluding hydrogens is 306 g/mol. The van der Waals surface area contributed by atoms with Crippen LogP contribution in [0.3, 0.4) is 0 Å². The van der Waals surface area contributed by atoms with E-state index in [0.717, 1.165) is 37.8 Å². The molecule has 2 heterocycles. The number of rotatable bonds is 1. The minimum atomic E-state index is -0.542. The van der Waals surface area contributed by atoms with Gasteiger partial charge in [0, 0.05) is 19.3 Å². The number of ether oxygens (including phenoxy) is 1. The quantitative estimate of drug-likeness (QED) is 0.861. The molecular formula is C18H23N3O3. The summed E-state index contributed by atoms with van der Waals surface area (Å²) in [6.07, 6.45) is 4.64. The monoisotopic (exact) mass is 329 g/mol. The van der Waals surface area contributed by atoms with Crippen molar-refractivity contribution in [2.45, 2.75) is 37.7 Å². The second-order valence-corrected chi connectivity index (χ2v) is 7.16. The molecule has 2 fully saturated rings. The summed E-state index contributed by atoms with van der Waals surface area (Å²) in [5.74, 6) is 0. The average molecular weight is 329 g/mol. The van der Waals surface area contributed by atoms with Crippen molar-refractivity contribution in [1.82, 2.24) is 9.80 Å². The lowest BCUT2D eigenvalue weighted by molar-refractivity contribution is 0.00497. The molecule has 1 atom stereocenters. The second-order valence-electron chi connectivity index (χ2n) is 7.16. The number of hydrogen-bond acceptors (Lipinski definition) is 3. The maximum absolute atomic E-state index is 12.7. The van der Waals surface area contributed by atoms with Gasteiger partial charge in [0.2, 0.25) is 0 Å². The summed E-state index contributed by atoms with van der Waals surface area (Å²) < 4.78 is 5.57. The zero-order chi connectivity index (χ0) is 16.7. The highest BCUT2D eigenvalue weighted by atomic mass is 16.6. The van der Waals surface area contributed by atoms with Crippen molar-refractivity contribution in [3.05, 3.63) is 29.3 Å². The largest absolute Gasteiger partial charge is 0.439 e. The maximum Gasteiger partial charge on any atom is 0.410 e. The van der Waals surface area contributed by atoms with E-state index in [2.05, 4.69) is 11.4 Å². The van der Waals surface area contributed by atoms with Crippen LogP contribution in [0, 0.1) is 0 Å². The van der Waals surface area contributed by atoms with Gasteiger partial charge in [0.05, 0.1) is 13.1 Å². The van der Waals surface area contributed by atoms with Gasteiger partial charge in [0.1, 0.15) is 5.60 Å². The SMILES string of the molecule is CN1C[C@@]2(CCCN(C(=O)Nc3cccc4c3CCC4)C2)OC1=O. The van der Waals surface area contributed by atoms with E-state index in [4.69, 9.17) is 4.74 Å². The molecule has 1 aliphatic carbocycles. The third-order valence-electron chi connectivity index (χ3n) is 5.36. The molecule has 1 aromatic carbocycles. The third-order valence-corrected chi connectivity index (χ3v) is 5.36. The first-order valence-electron chi connectivity index (χ1n) is 8.67. The first-order chi connectivity index (χ1) is 11.6. The number of anilines is 1. The van der Waals surface area contributed by atoms with Gasteiger partial charge in [-0.2, -0.15) is 0 Å². The first-order valence-corrected chi connectivity index (χ1v) is 8.67. The van der Waals surface area contributed by atoms with Crippen LogP contribution in [-0.2, 0) is 17.6 Å². The fraction of sp³-hybridized carbons (Fsp3) is 0.556. The molecule has 128 valence electrons. The molecule has 6 heteroatoms. The minimum absolute atomic E-state index is 0.0972. The van der Waals surface area contributed by atoms with E-state index in [0.29, 0.717) is 19.6 Å². The number of nitrogens with zero attached hydrogens (tertiary/aromatic N) is 2. The smallest absolute Gasteiger partial charge is 0.410 e. The molecule has 3 aliphatic rings. The van der Waals surface area contributed by atoms with Gasteiger partial charge in [-0.3, -0.25) is 0 Å². The summed E-state index contributed by atoms with van der Waals surface area (Å²) in [6, 6.07) is 6.03. The van der Waals surface area contributed by atoms with Gasteiger partial charge in [0.25, 0.3) is 0 Å². The second kappa shape index (κ2) is 5.69. The van der Waals surface area contributed by atoms with E-state index in [1.165, 1.54) is 11.1 Å². The number of benzene rings is 1. The van der Waals surface area contributed by atoms with Crippen molar-refractivity contribution >= 4 is 17.8 Å². The Morgan fingerprint density at radius 2 is 2.12 bits per heavy atom. The number of carbonyl (C=O) groups excluding carboxylic acids is 2. The number of fused-ring (bicyclic) bond motifs is 1. The molecule has 3 amide bonds. The molecule has 4 rings (SSSR count). The average Bonchev–Trinajstić information content (AvgIpc) is 3.13. The molecule has 0 unspecified atom stereocenters. The number of likely N-dealkylation sites (N-methyl/N-ethyl adjacent to an activating group) is 1. The number of aryl methyl sites for hydroxylation is 1. The van der Waals surface area contributed by atoms with Gasteiger partial charge >= 0.3 is 12.1 Å². The molecule has 24 heavy (non-hydrogen) atoms. The fourth-order valence-corrected chi connectivity index (χ4v) is 4.21. The summed E-state index contributed by atoms with van der Waals surface area (Å²) in [7, 11) is 1.74. The Labute approximate surface area is 141 Å². The lowest BCUT2D eigenvalue weighted by Gasteiger charge is -2.38. The van der Waals surface area contributed by atoms with Gasteiger partial charge in [-0.1, -0.05) is 12.1 Å². The van der Waals surface area contributed by atoms with Crippen LogP contribution in [0.2, 0.25) is 0 Å². The van der Waals surface area contributed by atoms with Crippen molar-refractivity contribution in [3.8, 4) is 0 Å². The van der Waals surface area contributed by atoms with Crippen molar-refractivity contribution < 1.29 is 14.3 Å². The van der Waals surface area contributed by atoms with Crippen LogP contribution in [0.5, 0.6) is 0 Å². The van der Waals surface area contributed by atoms with Crippen molar-refractivity contribution in [1.29, 1.82) is 0 Å². The number of amides is 3. The van der Waals surface area contributed by atoms with Gasteiger partial charge in [-0.05, 0) is 49.3 Å². The maximum atomic E-state index is 12.7. The molecule has 2 saturated heterocycles. The molecule has 0 radical (unpaired) electrons. The number of likely N-dealkylation sites (tertiary alicyclic amines) is 1. The molecule has 2 aliphatic heterocycles. The predicted molar refractivity (Wildman–Crippen MR) is 90.1 cm³/mol. The Morgan fingerprint density at radius 3 is 2.92 bits per heavy atom. The highest BCUT2D eigenvalue weighted by Crippen LogP contribution is 2.32. The van der Waals surface area contributed by atoms with E-state index >= 15 is 0 Å². The highest BCUT2D eigenvalue weighted by molar-refractivity contribution is 5.90. The van der Waals surface area contributed by atoms with Crippen LogP contribution in [0.1, 0.15) is 30.4 Å². The molecule has 1 spiro atoms. The van der Waals surface area contributed by atoms with Crippen molar-refractivity contribution in [2.24, 2.45) is 0 Å². The van der Waals surface area contributed by atoms with Crippen LogP contribution in [-0.4, -0.2) is 54.2 Å². The zero-order valence-electron chi connectivity index (χ0n) is 14.0. The number of urea groups is 1. The Morgan fingerprint density at radius 1 is 1.25 bits per heavy atom. The van der Waals surface area contributed by atoms with Gasteiger partial charge in [-0.25, -0.2) is 9.59 Å². The lowest BCUT2D eigenvalue weighted by atomic mass is 9.93. The van der Waals surface area contributed by atoms with Crippen LogP contribution < -0.4 is 5.32 Å². The number of nitrogens with one attached hydrogen (secondary N) is 1. The number of hydrogen-bond donors (Lipinski definition) is 1.